The largest absolute Gasteiger partial charge is 0.462 e. The Morgan fingerprint density at radius 3 is 2.62 bits per heavy atom. The molecule has 1 aromatic heterocycles. The van der Waals surface area contributed by atoms with Gasteiger partial charge in [-0.1, -0.05) is 0 Å². The fourth-order valence-corrected chi connectivity index (χ4v) is 2.24. The second-order valence-electron chi connectivity index (χ2n) is 2.99. The highest BCUT2D eigenvalue weighted by Crippen LogP contribution is 2.30. The molecule has 0 aliphatic rings. The topological polar surface area (TPSA) is 107 Å². The van der Waals surface area contributed by atoms with Gasteiger partial charge >= 0.3 is 5.97 Å². The van der Waals surface area contributed by atoms with Crippen molar-refractivity contribution in [3.05, 3.63) is 16.0 Å². The average Bonchev–Trinajstić information content (AvgIpc) is 2.53. The minimum absolute atomic E-state index is 0.241. The van der Waals surface area contributed by atoms with Crippen LogP contribution in [0.4, 0.5) is 5.00 Å². The SMILES string of the molecule is CCOC(=O)c1c(N)sc(C(=O)NN)c1C. The number of nitrogen functional groups attached to an aromatic ring is 2. The van der Waals surface area contributed by atoms with E-state index in [0.717, 1.165) is 11.3 Å². The van der Waals surface area contributed by atoms with Crippen molar-refractivity contribution >= 4 is 28.2 Å². The first-order valence-corrected chi connectivity index (χ1v) is 5.41. The molecule has 0 aliphatic carbocycles. The lowest BCUT2D eigenvalue weighted by Gasteiger charge is -2.02. The molecule has 0 unspecified atom stereocenters. The highest BCUT2D eigenvalue weighted by Gasteiger charge is 2.23. The van der Waals surface area contributed by atoms with Gasteiger partial charge in [-0.3, -0.25) is 10.2 Å². The molecule has 0 bridgehead atoms. The van der Waals surface area contributed by atoms with Gasteiger partial charge in [0.15, 0.2) is 0 Å². The van der Waals surface area contributed by atoms with Crippen molar-refractivity contribution in [1.82, 2.24) is 5.43 Å². The number of nitrogens with two attached hydrogens (primary N) is 2. The van der Waals surface area contributed by atoms with Gasteiger partial charge in [-0.05, 0) is 19.4 Å². The predicted octanol–water partition coefficient (Wildman–Crippen LogP) is 0.419. The lowest BCUT2D eigenvalue weighted by atomic mass is 10.1. The molecule has 6 nitrogen and oxygen atoms in total. The quantitative estimate of drug-likeness (QED) is 0.308. The molecule has 1 heterocycles. The van der Waals surface area contributed by atoms with E-state index < -0.39 is 11.9 Å². The number of ether oxygens (including phenoxy) is 1. The second kappa shape index (κ2) is 4.95. The molecule has 0 aromatic carbocycles. The third-order valence-electron chi connectivity index (χ3n) is 1.99. The molecule has 0 atom stereocenters. The van der Waals surface area contributed by atoms with E-state index in [9.17, 15) is 9.59 Å². The van der Waals surface area contributed by atoms with Gasteiger partial charge in [0.1, 0.15) is 5.00 Å². The van der Waals surface area contributed by atoms with Crippen molar-refractivity contribution in [3.8, 4) is 0 Å². The van der Waals surface area contributed by atoms with Crippen LogP contribution >= 0.6 is 11.3 Å². The van der Waals surface area contributed by atoms with Crippen molar-refractivity contribution < 1.29 is 14.3 Å². The van der Waals surface area contributed by atoms with Crippen LogP contribution in [0.25, 0.3) is 0 Å². The van der Waals surface area contributed by atoms with Gasteiger partial charge in [-0.15, -0.1) is 11.3 Å². The molecule has 0 spiro atoms. The van der Waals surface area contributed by atoms with Crippen LogP contribution < -0.4 is 17.0 Å². The van der Waals surface area contributed by atoms with Crippen LogP contribution in [0.15, 0.2) is 0 Å². The first kappa shape index (κ1) is 12.5. The van der Waals surface area contributed by atoms with Crippen LogP contribution in [-0.4, -0.2) is 18.5 Å². The molecule has 0 saturated carbocycles. The standard InChI is InChI=1S/C9H13N3O3S/c1-3-15-9(14)5-4(2)6(8(13)12-11)16-7(5)10/h3,10-11H2,1-2H3,(H,12,13). The lowest BCUT2D eigenvalue weighted by molar-refractivity contribution is 0.0527. The molecule has 0 radical (unpaired) electrons. The fraction of sp³-hybridized carbons (Fsp3) is 0.333. The van der Waals surface area contributed by atoms with Gasteiger partial charge in [-0.2, -0.15) is 0 Å². The minimum Gasteiger partial charge on any atom is -0.462 e. The summed E-state index contributed by atoms with van der Waals surface area (Å²) in [6.07, 6.45) is 0. The Kier molecular flexibility index (Phi) is 3.86. The van der Waals surface area contributed by atoms with Crippen molar-refractivity contribution in [2.24, 2.45) is 5.84 Å². The van der Waals surface area contributed by atoms with Crippen LogP contribution in [-0.2, 0) is 4.74 Å². The third kappa shape index (κ3) is 2.15. The Hall–Kier alpha value is -1.60. The zero-order valence-electron chi connectivity index (χ0n) is 8.99. The Labute approximate surface area is 96.5 Å². The molecule has 0 aliphatic heterocycles. The number of anilines is 1. The molecular weight excluding hydrogens is 230 g/mol. The Morgan fingerprint density at radius 2 is 2.12 bits per heavy atom. The summed E-state index contributed by atoms with van der Waals surface area (Å²) >= 11 is 1.01. The average molecular weight is 243 g/mol. The van der Waals surface area contributed by atoms with E-state index >= 15 is 0 Å². The number of amides is 1. The van der Waals surface area contributed by atoms with Gasteiger partial charge < -0.3 is 10.5 Å². The van der Waals surface area contributed by atoms with Crippen LogP contribution in [0.5, 0.6) is 0 Å². The van der Waals surface area contributed by atoms with Gasteiger partial charge in [0, 0.05) is 0 Å². The first-order chi connectivity index (χ1) is 7.52. The maximum atomic E-state index is 11.6. The fourth-order valence-electron chi connectivity index (χ4n) is 1.28. The molecule has 7 heteroatoms. The molecular formula is C9H13N3O3S. The number of thiophene rings is 1. The zero-order valence-corrected chi connectivity index (χ0v) is 9.81. The highest BCUT2D eigenvalue weighted by atomic mass is 32.1. The number of carbonyl (C=O) groups excluding carboxylic acids is 2. The molecule has 5 N–H and O–H groups in total. The number of nitrogens with one attached hydrogen (secondary N) is 1. The zero-order chi connectivity index (χ0) is 12.3. The molecule has 1 aromatic rings. The van der Waals surface area contributed by atoms with E-state index in [1.807, 2.05) is 5.43 Å². The van der Waals surface area contributed by atoms with Crippen molar-refractivity contribution in [2.45, 2.75) is 13.8 Å². The van der Waals surface area contributed by atoms with Gasteiger partial charge in [-0.25, -0.2) is 10.6 Å². The van der Waals surface area contributed by atoms with Crippen LogP contribution in [0.1, 0.15) is 32.5 Å². The summed E-state index contributed by atoms with van der Waals surface area (Å²) in [4.78, 5) is 23.2. The Bertz CT molecular complexity index is 428. The van der Waals surface area contributed by atoms with Crippen molar-refractivity contribution in [3.63, 3.8) is 0 Å². The second-order valence-corrected chi connectivity index (χ2v) is 4.04. The molecule has 0 saturated heterocycles. The molecule has 1 amide bonds. The summed E-state index contributed by atoms with van der Waals surface area (Å²) in [5.74, 6) is 4.03. The summed E-state index contributed by atoms with van der Waals surface area (Å²) < 4.78 is 4.84. The van der Waals surface area contributed by atoms with Crippen molar-refractivity contribution in [1.29, 1.82) is 0 Å². The monoisotopic (exact) mass is 243 g/mol. The number of hydrazine groups is 1. The van der Waals surface area contributed by atoms with E-state index in [-0.39, 0.29) is 17.2 Å². The summed E-state index contributed by atoms with van der Waals surface area (Å²) in [5, 5.41) is 0.259. The molecule has 1 rings (SSSR count). The molecule has 0 fully saturated rings. The highest BCUT2D eigenvalue weighted by molar-refractivity contribution is 7.18. The van der Waals surface area contributed by atoms with E-state index in [0.29, 0.717) is 10.4 Å². The van der Waals surface area contributed by atoms with Gasteiger partial charge in [0.05, 0.1) is 17.0 Å². The van der Waals surface area contributed by atoms with Gasteiger partial charge in [0.2, 0.25) is 0 Å². The summed E-state index contributed by atoms with van der Waals surface area (Å²) in [5.41, 5.74) is 8.39. The summed E-state index contributed by atoms with van der Waals surface area (Å²) in [6.45, 7) is 3.58. The smallest absolute Gasteiger partial charge is 0.341 e. The molecule has 88 valence electrons. The lowest BCUT2D eigenvalue weighted by Crippen LogP contribution is -2.29. The Morgan fingerprint density at radius 1 is 1.50 bits per heavy atom. The van der Waals surface area contributed by atoms with E-state index in [1.54, 1.807) is 13.8 Å². The van der Waals surface area contributed by atoms with Crippen LogP contribution in [0, 0.1) is 6.92 Å². The van der Waals surface area contributed by atoms with E-state index in [2.05, 4.69) is 0 Å². The number of hydrogen-bond acceptors (Lipinski definition) is 6. The number of carbonyl (C=O) groups is 2. The normalized spacial score (nSPS) is 9.94. The van der Waals surface area contributed by atoms with E-state index in [4.69, 9.17) is 16.3 Å². The maximum absolute atomic E-state index is 11.6. The van der Waals surface area contributed by atoms with E-state index in [1.165, 1.54) is 0 Å². The first-order valence-electron chi connectivity index (χ1n) is 4.59. The third-order valence-corrected chi connectivity index (χ3v) is 3.11. The summed E-state index contributed by atoms with van der Waals surface area (Å²) in [7, 11) is 0. The van der Waals surface area contributed by atoms with Crippen LogP contribution in [0.3, 0.4) is 0 Å². The predicted molar refractivity (Wildman–Crippen MR) is 61.1 cm³/mol. The number of esters is 1. The molecule has 16 heavy (non-hydrogen) atoms. The maximum Gasteiger partial charge on any atom is 0.341 e. The van der Waals surface area contributed by atoms with Crippen molar-refractivity contribution in [2.75, 3.05) is 12.3 Å². The summed E-state index contributed by atoms with van der Waals surface area (Å²) in [6, 6.07) is 0. The van der Waals surface area contributed by atoms with Crippen LogP contribution in [0.2, 0.25) is 0 Å². The number of rotatable bonds is 3. The Balaban J connectivity index is 3.17. The number of hydrogen-bond donors (Lipinski definition) is 3. The minimum atomic E-state index is -0.523. The van der Waals surface area contributed by atoms with Gasteiger partial charge in [0.25, 0.3) is 5.91 Å².